The van der Waals surface area contributed by atoms with Gasteiger partial charge in [0, 0.05) is 35.8 Å². The Balaban J connectivity index is 1.55. The molecule has 0 fully saturated rings. The number of fused-ring (bicyclic) bond motifs is 1. The summed E-state index contributed by atoms with van der Waals surface area (Å²) in [4.78, 5) is 11.9. The van der Waals surface area contributed by atoms with E-state index in [1.165, 1.54) is 11.1 Å². The average Bonchev–Trinajstić information content (AvgIpc) is 3.44. The van der Waals surface area contributed by atoms with E-state index in [0.29, 0.717) is 0 Å². The fraction of sp³-hybridized carbons (Fsp3) is 0.250. The van der Waals surface area contributed by atoms with E-state index in [1.54, 1.807) is 11.3 Å². The first kappa shape index (κ1) is 20.2. The van der Waals surface area contributed by atoms with E-state index < -0.39 is 0 Å². The van der Waals surface area contributed by atoms with Crippen molar-refractivity contribution in [1.29, 1.82) is 0 Å². The van der Waals surface area contributed by atoms with E-state index >= 15 is 0 Å². The van der Waals surface area contributed by atoms with E-state index in [1.807, 2.05) is 24.3 Å². The van der Waals surface area contributed by atoms with E-state index in [9.17, 15) is 0 Å². The summed E-state index contributed by atoms with van der Waals surface area (Å²) in [6.07, 6.45) is 6.41. The molecule has 0 aliphatic carbocycles. The third kappa shape index (κ3) is 3.87. The highest BCUT2D eigenvalue weighted by Crippen LogP contribution is 2.34. The molecule has 3 aromatic heterocycles. The molecule has 0 radical (unpaired) electrons. The van der Waals surface area contributed by atoms with Gasteiger partial charge in [0.25, 0.3) is 0 Å². The first-order chi connectivity index (χ1) is 15.1. The predicted octanol–water partition coefficient (Wildman–Crippen LogP) is 5.82. The molecule has 0 spiro atoms. The number of imidazole rings is 1. The molecule has 0 saturated carbocycles. The molecular weight excluding hydrogens is 426 g/mol. The molecule has 1 aliphatic heterocycles. The lowest BCUT2D eigenvalue weighted by molar-refractivity contribution is 0.738. The third-order valence-corrected chi connectivity index (χ3v) is 6.84. The van der Waals surface area contributed by atoms with Crippen LogP contribution in [0.1, 0.15) is 24.6 Å². The smallest absolute Gasteiger partial charge is 0.191 e. The zero-order chi connectivity index (χ0) is 21.4. The van der Waals surface area contributed by atoms with Gasteiger partial charge in [0.05, 0.1) is 11.4 Å². The van der Waals surface area contributed by atoms with E-state index in [2.05, 4.69) is 58.4 Å². The van der Waals surface area contributed by atoms with Gasteiger partial charge in [0.15, 0.2) is 5.13 Å². The Morgan fingerprint density at radius 2 is 1.94 bits per heavy atom. The molecule has 7 heteroatoms. The number of anilines is 2. The summed E-state index contributed by atoms with van der Waals surface area (Å²) in [6, 6.07) is 12.1. The van der Waals surface area contributed by atoms with Gasteiger partial charge in [-0.25, -0.2) is 9.97 Å². The molecule has 0 atom stereocenters. The minimum absolute atomic E-state index is 0.731. The van der Waals surface area contributed by atoms with Crippen LogP contribution in [0.3, 0.4) is 0 Å². The van der Waals surface area contributed by atoms with Gasteiger partial charge in [0.1, 0.15) is 11.5 Å². The summed E-state index contributed by atoms with van der Waals surface area (Å²) in [5, 5.41) is 7.15. The summed E-state index contributed by atoms with van der Waals surface area (Å²) in [5.74, 6) is 1.07. The topological polar surface area (TPSA) is 45.5 Å². The third-order valence-electron chi connectivity index (χ3n) is 5.67. The molecule has 158 valence electrons. The van der Waals surface area contributed by atoms with Gasteiger partial charge >= 0.3 is 0 Å². The van der Waals surface area contributed by atoms with Crippen molar-refractivity contribution in [3.8, 4) is 11.3 Å². The Morgan fingerprint density at radius 1 is 1.13 bits per heavy atom. The van der Waals surface area contributed by atoms with Crippen molar-refractivity contribution in [3.05, 3.63) is 70.3 Å². The molecule has 4 heterocycles. The van der Waals surface area contributed by atoms with Crippen LogP contribution in [0.5, 0.6) is 0 Å². The molecule has 0 bridgehead atoms. The Kier molecular flexibility index (Phi) is 5.52. The molecule has 0 saturated heterocycles. The lowest BCUT2D eigenvalue weighted by atomic mass is 10.0. The Bertz CT molecular complexity index is 1250. The molecule has 1 N–H and O–H groups in total. The minimum atomic E-state index is 0.731. The van der Waals surface area contributed by atoms with E-state index in [-0.39, 0.29) is 0 Å². The number of nitrogens with one attached hydrogen (secondary N) is 1. The fourth-order valence-corrected chi connectivity index (χ4v) is 4.94. The van der Waals surface area contributed by atoms with Gasteiger partial charge in [-0.3, -0.25) is 4.40 Å². The number of benzene rings is 1. The second-order valence-electron chi connectivity index (χ2n) is 7.65. The number of pyridine rings is 1. The van der Waals surface area contributed by atoms with Crippen LogP contribution in [0.2, 0.25) is 5.02 Å². The van der Waals surface area contributed by atoms with Gasteiger partial charge < -0.3 is 10.2 Å². The maximum Gasteiger partial charge on any atom is 0.191 e. The maximum absolute atomic E-state index is 6.04. The number of hydrogen-bond acceptors (Lipinski definition) is 5. The maximum atomic E-state index is 6.04. The molecule has 1 aliphatic rings. The molecule has 5 nitrogen and oxygen atoms in total. The van der Waals surface area contributed by atoms with Crippen molar-refractivity contribution in [3.63, 3.8) is 0 Å². The highest BCUT2D eigenvalue weighted by molar-refractivity contribution is 7.14. The van der Waals surface area contributed by atoms with Crippen molar-refractivity contribution >= 4 is 45.1 Å². The lowest BCUT2D eigenvalue weighted by Gasteiger charge is -2.18. The molecule has 0 amide bonds. The average molecular weight is 450 g/mol. The normalized spacial score (nSPS) is 14.1. The summed E-state index contributed by atoms with van der Waals surface area (Å²) in [6.45, 7) is 4.10. The molecular formula is C24H24ClN5S. The first-order valence-corrected chi connectivity index (χ1v) is 11.8. The van der Waals surface area contributed by atoms with Crippen LogP contribution in [0.15, 0.2) is 54.1 Å². The summed E-state index contributed by atoms with van der Waals surface area (Å²) < 4.78 is 2.21. The standard InChI is InChI=1S/C24H24ClN5S/c1-3-20-23(29(2)24-28-21(15-31-24)17-4-7-19(25)8-5-17)30-14-18(6-9-22(30)27-20)16-10-12-26-13-11-16/h4-10,14-15,26H,3,11-13H2,1-2H3. The second-order valence-corrected chi connectivity index (χ2v) is 8.92. The fourth-order valence-electron chi connectivity index (χ4n) is 4.01. The number of rotatable bonds is 5. The molecule has 1 aromatic carbocycles. The number of nitrogens with zero attached hydrogens (tertiary/aromatic N) is 4. The number of aromatic nitrogens is 3. The van der Waals surface area contributed by atoms with Crippen molar-refractivity contribution in [2.75, 3.05) is 25.0 Å². The first-order valence-electron chi connectivity index (χ1n) is 10.5. The van der Waals surface area contributed by atoms with Crippen LogP contribution in [0.4, 0.5) is 10.9 Å². The monoisotopic (exact) mass is 449 g/mol. The van der Waals surface area contributed by atoms with E-state index in [0.717, 1.165) is 64.5 Å². The summed E-state index contributed by atoms with van der Waals surface area (Å²) in [5.41, 5.74) is 6.70. The van der Waals surface area contributed by atoms with Gasteiger partial charge in [-0.15, -0.1) is 11.3 Å². The minimum Gasteiger partial charge on any atom is -0.313 e. The number of thiazole rings is 1. The van der Waals surface area contributed by atoms with Crippen LogP contribution < -0.4 is 10.2 Å². The van der Waals surface area contributed by atoms with Crippen molar-refractivity contribution in [2.45, 2.75) is 19.8 Å². The Labute approximate surface area is 191 Å². The molecule has 4 aromatic rings. The SMILES string of the molecule is CCc1nc2ccc(C3=CCNCC3)cn2c1N(C)c1nc(-c2ccc(Cl)cc2)cs1. The van der Waals surface area contributed by atoms with Crippen LogP contribution in [-0.2, 0) is 6.42 Å². The van der Waals surface area contributed by atoms with E-state index in [4.69, 9.17) is 21.6 Å². The van der Waals surface area contributed by atoms with Gasteiger partial charge in [-0.2, -0.15) is 0 Å². The molecule has 5 rings (SSSR count). The summed E-state index contributed by atoms with van der Waals surface area (Å²) in [7, 11) is 2.07. The highest BCUT2D eigenvalue weighted by Gasteiger charge is 2.20. The predicted molar refractivity (Wildman–Crippen MR) is 131 cm³/mol. The summed E-state index contributed by atoms with van der Waals surface area (Å²) >= 11 is 7.67. The second kappa shape index (κ2) is 8.46. The zero-order valence-corrected chi connectivity index (χ0v) is 19.2. The van der Waals surface area contributed by atoms with Gasteiger partial charge in [0.2, 0.25) is 0 Å². The van der Waals surface area contributed by atoms with Crippen LogP contribution in [-0.4, -0.2) is 34.5 Å². The number of hydrogen-bond donors (Lipinski definition) is 1. The Morgan fingerprint density at radius 3 is 2.68 bits per heavy atom. The lowest BCUT2D eigenvalue weighted by Crippen LogP contribution is -2.20. The van der Waals surface area contributed by atoms with Crippen LogP contribution in [0.25, 0.3) is 22.5 Å². The largest absolute Gasteiger partial charge is 0.313 e. The van der Waals surface area contributed by atoms with Crippen LogP contribution in [0, 0.1) is 0 Å². The molecule has 31 heavy (non-hydrogen) atoms. The van der Waals surface area contributed by atoms with Gasteiger partial charge in [-0.1, -0.05) is 36.7 Å². The highest BCUT2D eigenvalue weighted by atomic mass is 35.5. The quantitative estimate of drug-likeness (QED) is 0.417. The number of aryl methyl sites for hydroxylation is 1. The van der Waals surface area contributed by atoms with Gasteiger partial charge in [-0.05, 0) is 54.8 Å². The van der Waals surface area contributed by atoms with Crippen molar-refractivity contribution < 1.29 is 0 Å². The number of halogens is 1. The zero-order valence-electron chi connectivity index (χ0n) is 17.6. The van der Waals surface area contributed by atoms with Crippen molar-refractivity contribution in [2.24, 2.45) is 0 Å². The van der Waals surface area contributed by atoms with Crippen LogP contribution >= 0.6 is 22.9 Å². The Hall–Kier alpha value is -2.67. The molecule has 0 unspecified atom stereocenters. The van der Waals surface area contributed by atoms with Crippen molar-refractivity contribution in [1.82, 2.24) is 19.7 Å².